The highest BCUT2D eigenvalue weighted by atomic mass is 16.2. The van der Waals surface area contributed by atoms with Gasteiger partial charge in [0.15, 0.2) is 5.82 Å². The third-order valence-electron chi connectivity index (χ3n) is 2.72. The molecule has 0 bridgehead atoms. The average molecular weight is 303 g/mol. The van der Waals surface area contributed by atoms with Crippen LogP contribution in [0.2, 0.25) is 0 Å². The van der Waals surface area contributed by atoms with Crippen molar-refractivity contribution in [2.75, 3.05) is 19.4 Å². The lowest BCUT2D eigenvalue weighted by Crippen LogP contribution is -2.27. The maximum atomic E-state index is 11.8. The van der Waals surface area contributed by atoms with Gasteiger partial charge in [0.2, 0.25) is 5.91 Å². The number of carbonyl (C=O) groups is 2. The fourth-order valence-electron chi connectivity index (χ4n) is 1.56. The van der Waals surface area contributed by atoms with Gasteiger partial charge in [-0.3, -0.25) is 15.1 Å². The lowest BCUT2D eigenvalue weighted by Gasteiger charge is -2.09. The molecule has 0 unspecified atom stereocenters. The Balaban J connectivity index is 1.82. The van der Waals surface area contributed by atoms with Crippen LogP contribution in [0.3, 0.4) is 0 Å². The van der Waals surface area contributed by atoms with Crippen molar-refractivity contribution in [3.05, 3.63) is 36.3 Å². The first-order valence-corrected chi connectivity index (χ1v) is 6.58. The van der Waals surface area contributed by atoms with Crippen LogP contribution >= 0.6 is 0 Å². The number of urea groups is 1. The molecule has 22 heavy (non-hydrogen) atoms. The first kappa shape index (κ1) is 15.4. The number of rotatable bonds is 5. The van der Waals surface area contributed by atoms with E-state index in [1.807, 2.05) is 12.1 Å². The van der Waals surface area contributed by atoms with Crippen molar-refractivity contribution < 1.29 is 9.59 Å². The maximum Gasteiger partial charge on any atom is 0.322 e. The van der Waals surface area contributed by atoms with Gasteiger partial charge in [0.1, 0.15) is 6.54 Å². The van der Waals surface area contributed by atoms with Gasteiger partial charge in [0.05, 0.1) is 6.20 Å². The quantitative estimate of drug-likeness (QED) is 0.814. The second kappa shape index (κ2) is 7.16. The zero-order valence-corrected chi connectivity index (χ0v) is 12.4. The summed E-state index contributed by atoms with van der Waals surface area (Å²) < 4.78 is 1.35. The van der Waals surface area contributed by atoms with Crippen LogP contribution in [0.5, 0.6) is 0 Å². The molecule has 3 amide bonds. The van der Waals surface area contributed by atoms with Gasteiger partial charge >= 0.3 is 6.03 Å². The molecule has 2 heterocycles. The van der Waals surface area contributed by atoms with Crippen molar-refractivity contribution in [1.29, 1.82) is 0 Å². The Morgan fingerprint density at radius 3 is 2.68 bits per heavy atom. The summed E-state index contributed by atoms with van der Waals surface area (Å²) in [5.74, 6) is 0.0906. The normalized spacial score (nSPS) is 10.1. The van der Waals surface area contributed by atoms with E-state index >= 15 is 0 Å². The summed E-state index contributed by atoms with van der Waals surface area (Å²) in [6, 6.07) is 3.34. The molecule has 9 nitrogen and oxygen atoms in total. The molecule has 2 aromatic heterocycles. The molecular weight excluding hydrogens is 286 g/mol. The van der Waals surface area contributed by atoms with Gasteiger partial charge in [-0.2, -0.15) is 0 Å². The summed E-state index contributed by atoms with van der Waals surface area (Å²) in [4.78, 5) is 28.6. The number of hydrogen-bond acceptors (Lipinski definition) is 5. The van der Waals surface area contributed by atoms with Crippen molar-refractivity contribution in [3.8, 4) is 0 Å². The van der Waals surface area contributed by atoms with Gasteiger partial charge in [-0.1, -0.05) is 5.21 Å². The summed E-state index contributed by atoms with van der Waals surface area (Å²) in [5, 5.41) is 12.9. The minimum Gasteiger partial charge on any atom is -0.350 e. The second-order valence-corrected chi connectivity index (χ2v) is 4.76. The van der Waals surface area contributed by atoms with Crippen molar-refractivity contribution in [1.82, 2.24) is 30.2 Å². The van der Waals surface area contributed by atoms with E-state index in [1.165, 1.54) is 15.8 Å². The van der Waals surface area contributed by atoms with E-state index in [4.69, 9.17) is 0 Å². The Morgan fingerprint density at radius 2 is 2.00 bits per heavy atom. The molecule has 9 heteroatoms. The summed E-state index contributed by atoms with van der Waals surface area (Å²) in [6.07, 6.45) is 4.82. The number of aromatic nitrogens is 4. The molecule has 0 atom stereocenters. The topological polar surface area (TPSA) is 105 Å². The first-order valence-electron chi connectivity index (χ1n) is 6.58. The lowest BCUT2D eigenvalue weighted by atomic mass is 10.3. The average Bonchev–Trinajstić information content (AvgIpc) is 2.93. The molecule has 2 aromatic rings. The Hall–Kier alpha value is -2.97. The number of nitrogens with zero attached hydrogens (tertiary/aromatic N) is 5. The molecule has 116 valence electrons. The van der Waals surface area contributed by atoms with Crippen LogP contribution in [-0.4, -0.2) is 50.9 Å². The van der Waals surface area contributed by atoms with Crippen molar-refractivity contribution in [3.63, 3.8) is 0 Å². The molecular formula is C13H17N7O2. The van der Waals surface area contributed by atoms with Crippen molar-refractivity contribution in [2.45, 2.75) is 13.1 Å². The van der Waals surface area contributed by atoms with Gasteiger partial charge < -0.3 is 10.2 Å². The number of nitrogens with one attached hydrogen (secondary N) is 2. The van der Waals surface area contributed by atoms with Gasteiger partial charge in [0, 0.05) is 33.0 Å². The second-order valence-electron chi connectivity index (χ2n) is 4.76. The third-order valence-corrected chi connectivity index (χ3v) is 2.72. The highest BCUT2D eigenvalue weighted by molar-refractivity contribution is 5.87. The highest BCUT2D eigenvalue weighted by Crippen LogP contribution is 2.01. The summed E-state index contributed by atoms with van der Waals surface area (Å²) in [7, 11) is 3.23. The van der Waals surface area contributed by atoms with Crippen molar-refractivity contribution >= 4 is 17.8 Å². The Morgan fingerprint density at radius 1 is 1.27 bits per heavy atom. The van der Waals surface area contributed by atoms with E-state index in [0.29, 0.717) is 12.4 Å². The van der Waals surface area contributed by atoms with E-state index < -0.39 is 0 Å². The van der Waals surface area contributed by atoms with Gasteiger partial charge in [-0.05, 0) is 17.7 Å². The SMILES string of the molecule is CN(C)C(=O)Nc1cn(CC(=O)NCc2ccncc2)nn1. The molecule has 2 N–H and O–H groups in total. The largest absolute Gasteiger partial charge is 0.350 e. The van der Waals surface area contributed by atoms with Crippen LogP contribution in [-0.2, 0) is 17.9 Å². The molecule has 0 aliphatic rings. The van der Waals surface area contributed by atoms with Gasteiger partial charge in [0.25, 0.3) is 0 Å². The van der Waals surface area contributed by atoms with E-state index in [-0.39, 0.29) is 18.5 Å². The van der Waals surface area contributed by atoms with Crippen LogP contribution < -0.4 is 10.6 Å². The van der Waals surface area contributed by atoms with E-state index in [0.717, 1.165) is 5.56 Å². The van der Waals surface area contributed by atoms with E-state index in [2.05, 4.69) is 25.9 Å². The third kappa shape index (κ3) is 4.54. The summed E-state index contributed by atoms with van der Waals surface area (Å²) in [5.41, 5.74) is 0.959. The zero-order chi connectivity index (χ0) is 15.9. The molecule has 0 spiro atoms. The predicted molar refractivity (Wildman–Crippen MR) is 78.8 cm³/mol. The fourth-order valence-corrected chi connectivity index (χ4v) is 1.56. The number of hydrogen-bond donors (Lipinski definition) is 2. The molecule has 0 saturated carbocycles. The summed E-state index contributed by atoms with van der Waals surface area (Å²) >= 11 is 0. The minimum atomic E-state index is -0.311. The Labute approximate surface area is 127 Å². The van der Waals surface area contributed by atoms with Gasteiger partial charge in [-0.25, -0.2) is 9.48 Å². The molecule has 0 aliphatic carbocycles. The molecule has 2 rings (SSSR count). The molecule has 0 aliphatic heterocycles. The number of anilines is 1. The van der Waals surface area contributed by atoms with Crippen LogP contribution in [0.25, 0.3) is 0 Å². The highest BCUT2D eigenvalue weighted by Gasteiger charge is 2.09. The number of amides is 3. The fraction of sp³-hybridized carbons (Fsp3) is 0.308. The Kier molecular flexibility index (Phi) is 5.02. The molecule has 0 fully saturated rings. The van der Waals surface area contributed by atoms with E-state index in [9.17, 15) is 9.59 Å². The maximum absolute atomic E-state index is 11.8. The standard InChI is InChI=1S/C13H17N7O2/c1-19(2)13(22)16-11-8-20(18-17-11)9-12(21)15-7-10-3-5-14-6-4-10/h3-6,8H,7,9H2,1-2H3,(H,15,21)(H,16,22). The number of carbonyl (C=O) groups excluding carboxylic acids is 2. The van der Waals surface area contributed by atoms with E-state index in [1.54, 1.807) is 26.5 Å². The van der Waals surface area contributed by atoms with Crippen molar-refractivity contribution in [2.24, 2.45) is 0 Å². The monoisotopic (exact) mass is 303 g/mol. The van der Waals surface area contributed by atoms with Crippen LogP contribution in [0, 0.1) is 0 Å². The molecule has 0 radical (unpaired) electrons. The van der Waals surface area contributed by atoms with Crippen LogP contribution in [0.4, 0.5) is 10.6 Å². The summed E-state index contributed by atoms with van der Waals surface area (Å²) in [6.45, 7) is 0.441. The molecule has 0 aromatic carbocycles. The predicted octanol–water partition coefficient (Wildman–Crippen LogP) is 0.0830. The van der Waals surface area contributed by atoms with Crippen LogP contribution in [0.1, 0.15) is 5.56 Å². The minimum absolute atomic E-state index is 0.0237. The Bertz CT molecular complexity index is 639. The molecule has 0 saturated heterocycles. The van der Waals surface area contributed by atoms with Gasteiger partial charge in [-0.15, -0.1) is 5.10 Å². The van der Waals surface area contributed by atoms with Crippen LogP contribution in [0.15, 0.2) is 30.7 Å². The lowest BCUT2D eigenvalue weighted by molar-refractivity contribution is -0.122. The smallest absolute Gasteiger partial charge is 0.322 e. The zero-order valence-electron chi connectivity index (χ0n) is 12.4. The number of pyridine rings is 1. The first-order chi connectivity index (χ1) is 10.5.